The van der Waals surface area contributed by atoms with Gasteiger partial charge in [0, 0.05) is 5.56 Å². The largest absolute Gasteiger partial charge is 0.349 e. The van der Waals surface area contributed by atoms with Crippen LogP contribution in [0.1, 0.15) is 5.56 Å². The van der Waals surface area contributed by atoms with Gasteiger partial charge in [0.05, 0.1) is 0 Å². The maximum atomic E-state index is 12.2. The van der Waals surface area contributed by atoms with Gasteiger partial charge in [0.25, 0.3) is 0 Å². The van der Waals surface area contributed by atoms with Crippen LogP contribution in [-0.2, 0) is 10.2 Å². The van der Waals surface area contributed by atoms with Crippen molar-refractivity contribution in [1.29, 1.82) is 5.41 Å². The van der Waals surface area contributed by atoms with Crippen molar-refractivity contribution in [2.24, 2.45) is 0 Å². The van der Waals surface area contributed by atoms with Crippen LogP contribution in [0.4, 0.5) is 3.89 Å². The minimum atomic E-state index is -4.87. The summed E-state index contributed by atoms with van der Waals surface area (Å²) in [6, 6.07) is 7.45. The third kappa shape index (κ3) is 1.88. The molecule has 0 radical (unpaired) electrons. The standard InChI is InChI=1S/C7H6FNO2S/c8-12(10,11)7(9)6-4-2-1-3-5-6/h1-5,9H. The highest BCUT2D eigenvalue weighted by molar-refractivity contribution is 8.02. The quantitative estimate of drug-likeness (QED) is 0.409. The predicted octanol–water partition coefficient (Wildman–Crippen LogP) is 1.31. The lowest BCUT2D eigenvalue weighted by molar-refractivity contribution is 0.566. The number of hydrogen-bond acceptors (Lipinski definition) is 3. The highest BCUT2D eigenvalue weighted by atomic mass is 32.3. The zero-order valence-electron chi connectivity index (χ0n) is 5.99. The lowest BCUT2D eigenvalue weighted by Gasteiger charge is -1.96. The van der Waals surface area contributed by atoms with Crippen LogP contribution in [0.15, 0.2) is 30.3 Å². The van der Waals surface area contributed by atoms with Gasteiger partial charge in [-0.3, -0.25) is 5.41 Å². The second-order valence-corrected chi connectivity index (χ2v) is 3.42. The number of nitrogens with one attached hydrogen (secondary N) is 1. The Morgan fingerprint density at radius 2 is 1.75 bits per heavy atom. The van der Waals surface area contributed by atoms with Gasteiger partial charge >= 0.3 is 10.2 Å². The summed E-state index contributed by atoms with van der Waals surface area (Å²) in [6.07, 6.45) is 0. The monoisotopic (exact) mass is 187 g/mol. The van der Waals surface area contributed by atoms with Crippen LogP contribution in [0.2, 0.25) is 0 Å². The highest BCUT2D eigenvalue weighted by Crippen LogP contribution is 2.06. The molecule has 0 saturated heterocycles. The minimum Gasteiger partial charge on any atom is -0.287 e. The summed E-state index contributed by atoms with van der Waals surface area (Å²) in [5, 5.41) is 5.92. The molecule has 0 saturated carbocycles. The van der Waals surface area contributed by atoms with E-state index in [2.05, 4.69) is 0 Å². The second-order valence-electron chi connectivity index (χ2n) is 2.13. The fourth-order valence-corrected chi connectivity index (χ4v) is 1.15. The van der Waals surface area contributed by atoms with Crippen molar-refractivity contribution >= 4 is 15.3 Å². The molecular weight excluding hydrogens is 181 g/mol. The molecule has 5 heteroatoms. The molecule has 3 nitrogen and oxygen atoms in total. The van der Waals surface area contributed by atoms with Crippen LogP contribution in [-0.4, -0.2) is 13.5 Å². The molecule has 0 amide bonds. The average molecular weight is 187 g/mol. The molecule has 0 aliphatic carbocycles. The molecule has 0 atom stereocenters. The smallest absolute Gasteiger partial charge is 0.287 e. The first-order valence-electron chi connectivity index (χ1n) is 3.10. The topological polar surface area (TPSA) is 58.0 Å². The van der Waals surface area contributed by atoms with Crippen molar-refractivity contribution < 1.29 is 12.3 Å². The lowest BCUT2D eigenvalue weighted by atomic mass is 10.2. The van der Waals surface area contributed by atoms with Gasteiger partial charge in [-0.15, -0.1) is 0 Å². The van der Waals surface area contributed by atoms with Gasteiger partial charge in [0.1, 0.15) is 0 Å². The van der Waals surface area contributed by atoms with Gasteiger partial charge in [0.2, 0.25) is 0 Å². The molecule has 0 aromatic heterocycles. The van der Waals surface area contributed by atoms with Gasteiger partial charge in [-0.1, -0.05) is 34.2 Å². The summed E-state index contributed by atoms with van der Waals surface area (Å²) in [7, 11) is -4.87. The Hall–Kier alpha value is -1.23. The predicted molar refractivity (Wildman–Crippen MR) is 43.3 cm³/mol. The first kappa shape index (κ1) is 8.86. The minimum absolute atomic E-state index is 0.0556. The van der Waals surface area contributed by atoms with E-state index in [9.17, 15) is 12.3 Å². The normalized spacial score (nSPS) is 11.1. The molecule has 1 aromatic rings. The van der Waals surface area contributed by atoms with Crippen LogP contribution < -0.4 is 0 Å². The molecule has 1 aromatic carbocycles. The number of rotatable bonds is 1. The van der Waals surface area contributed by atoms with Gasteiger partial charge in [-0.25, -0.2) is 0 Å². The Morgan fingerprint density at radius 3 is 2.17 bits per heavy atom. The molecule has 0 bridgehead atoms. The molecule has 0 heterocycles. The fourth-order valence-electron chi connectivity index (χ4n) is 0.730. The van der Waals surface area contributed by atoms with Gasteiger partial charge in [-0.05, 0) is 0 Å². The Balaban J connectivity index is 3.11. The lowest BCUT2D eigenvalue weighted by Crippen LogP contribution is -2.08. The van der Waals surface area contributed by atoms with Crippen molar-refractivity contribution in [2.45, 2.75) is 0 Å². The highest BCUT2D eigenvalue weighted by Gasteiger charge is 2.17. The molecule has 0 aliphatic rings. The molecule has 0 fully saturated rings. The van der Waals surface area contributed by atoms with E-state index in [0.717, 1.165) is 0 Å². The van der Waals surface area contributed by atoms with Crippen molar-refractivity contribution in [1.82, 2.24) is 0 Å². The molecule has 64 valence electrons. The van der Waals surface area contributed by atoms with E-state index in [1.54, 1.807) is 6.07 Å². The Labute approximate surface area is 69.6 Å². The average Bonchev–Trinajstić information content (AvgIpc) is 2.03. The fraction of sp³-hybridized carbons (Fsp3) is 0. The van der Waals surface area contributed by atoms with E-state index < -0.39 is 15.3 Å². The van der Waals surface area contributed by atoms with E-state index in [0.29, 0.717) is 0 Å². The third-order valence-electron chi connectivity index (χ3n) is 1.28. The molecule has 1 N–H and O–H groups in total. The summed E-state index contributed by atoms with van der Waals surface area (Å²) in [5.74, 6) is 0. The number of hydrogen-bond donors (Lipinski definition) is 1. The van der Waals surface area contributed by atoms with Gasteiger partial charge in [-0.2, -0.15) is 8.42 Å². The molecule has 0 spiro atoms. The summed E-state index contributed by atoms with van der Waals surface area (Å²) in [5.41, 5.74) is 0.0556. The van der Waals surface area contributed by atoms with Crippen molar-refractivity contribution in [2.75, 3.05) is 0 Å². The van der Waals surface area contributed by atoms with Crippen LogP contribution in [0.5, 0.6) is 0 Å². The second kappa shape index (κ2) is 3.02. The first-order chi connectivity index (χ1) is 5.52. The zero-order valence-corrected chi connectivity index (χ0v) is 6.81. The van der Waals surface area contributed by atoms with Crippen molar-refractivity contribution in [3.05, 3.63) is 35.9 Å². The van der Waals surface area contributed by atoms with Crippen LogP contribution in [0, 0.1) is 5.41 Å². The maximum absolute atomic E-state index is 12.2. The SMILES string of the molecule is N=C(c1ccccc1)S(=O)(=O)F. The molecule has 1 rings (SSSR count). The van der Waals surface area contributed by atoms with Gasteiger partial charge in [0.15, 0.2) is 5.04 Å². The van der Waals surface area contributed by atoms with Crippen molar-refractivity contribution in [3.63, 3.8) is 0 Å². The van der Waals surface area contributed by atoms with E-state index in [1.807, 2.05) is 0 Å². The number of benzene rings is 1. The van der Waals surface area contributed by atoms with E-state index in [-0.39, 0.29) is 5.56 Å². The Bertz CT molecular complexity index is 385. The van der Waals surface area contributed by atoms with Crippen molar-refractivity contribution in [3.8, 4) is 0 Å². The van der Waals surface area contributed by atoms with E-state index in [1.165, 1.54) is 24.3 Å². The summed E-state index contributed by atoms with van der Waals surface area (Å²) in [4.78, 5) is 0. The zero-order chi connectivity index (χ0) is 9.19. The Kier molecular flexibility index (Phi) is 2.23. The van der Waals surface area contributed by atoms with E-state index in [4.69, 9.17) is 5.41 Å². The van der Waals surface area contributed by atoms with Crippen LogP contribution in [0.3, 0.4) is 0 Å². The Morgan fingerprint density at radius 1 is 1.25 bits per heavy atom. The summed E-state index contributed by atoms with van der Waals surface area (Å²) >= 11 is 0. The molecule has 0 unspecified atom stereocenters. The summed E-state index contributed by atoms with van der Waals surface area (Å²) < 4.78 is 32.7. The molecule has 0 aliphatic heterocycles. The first-order valence-corrected chi connectivity index (χ1v) is 4.49. The maximum Gasteiger partial charge on any atom is 0.349 e. The molecular formula is C7H6FNO2S. The van der Waals surface area contributed by atoms with Crippen LogP contribution >= 0.6 is 0 Å². The van der Waals surface area contributed by atoms with Crippen LogP contribution in [0.25, 0.3) is 0 Å². The summed E-state index contributed by atoms with van der Waals surface area (Å²) in [6.45, 7) is 0. The van der Waals surface area contributed by atoms with E-state index >= 15 is 0 Å². The number of halogens is 1. The third-order valence-corrected chi connectivity index (χ3v) is 2.00. The van der Waals surface area contributed by atoms with Gasteiger partial charge < -0.3 is 0 Å². The molecule has 12 heavy (non-hydrogen) atoms.